The molecule has 0 fully saturated rings. The van der Waals surface area contributed by atoms with Crippen molar-refractivity contribution in [1.82, 2.24) is 5.43 Å². The van der Waals surface area contributed by atoms with E-state index in [1.807, 2.05) is 12.2 Å². The van der Waals surface area contributed by atoms with Gasteiger partial charge in [0.05, 0.1) is 5.71 Å². The third kappa shape index (κ3) is 2.79. The molecule has 1 heterocycles. The molecule has 82 valence electrons. The number of amides is 1. The van der Waals surface area contributed by atoms with Gasteiger partial charge in [0.15, 0.2) is 0 Å². The van der Waals surface area contributed by atoms with Crippen LogP contribution < -0.4 is 5.43 Å². The van der Waals surface area contributed by atoms with Gasteiger partial charge in [-0.15, -0.1) is 0 Å². The van der Waals surface area contributed by atoms with E-state index in [1.54, 1.807) is 0 Å². The lowest BCUT2D eigenvalue weighted by Crippen LogP contribution is -2.24. The highest BCUT2D eigenvalue weighted by Crippen LogP contribution is 2.07. The number of hydrogen-bond acceptors (Lipinski definition) is 2. The fraction of sp³-hybridized carbons (Fsp3) is 0.231. The van der Waals surface area contributed by atoms with Crippen molar-refractivity contribution in [3.8, 4) is 0 Å². The summed E-state index contributed by atoms with van der Waals surface area (Å²) in [6, 6.07) is 8.27. The maximum Gasteiger partial charge on any atom is 0.240 e. The Kier molecular flexibility index (Phi) is 3.15. The van der Waals surface area contributed by atoms with E-state index in [2.05, 4.69) is 41.7 Å². The first-order valence-electron chi connectivity index (χ1n) is 5.34. The molecule has 0 atom stereocenters. The molecular formula is C13H14N2O. The molecule has 1 N–H and O–H groups in total. The van der Waals surface area contributed by atoms with Crippen LogP contribution in [0.1, 0.15) is 24.0 Å². The molecule has 16 heavy (non-hydrogen) atoms. The third-order valence-corrected chi connectivity index (χ3v) is 2.48. The predicted octanol–water partition coefficient (Wildman–Crippen LogP) is 2.27. The van der Waals surface area contributed by atoms with Gasteiger partial charge in [-0.2, -0.15) is 5.10 Å². The Morgan fingerprint density at radius 2 is 1.94 bits per heavy atom. The molecule has 0 saturated carbocycles. The maximum atomic E-state index is 10.9. The van der Waals surface area contributed by atoms with Gasteiger partial charge in [-0.1, -0.05) is 35.9 Å². The second-order valence-corrected chi connectivity index (χ2v) is 3.88. The van der Waals surface area contributed by atoms with Gasteiger partial charge in [-0.05, 0) is 18.6 Å². The molecule has 0 saturated heterocycles. The van der Waals surface area contributed by atoms with Crippen molar-refractivity contribution >= 4 is 17.7 Å². The minimum atomic E-state index is -0.00696. The topological polar surface area (TPSA) is 41.5 Å². The van der Waals surface area contributed by atoms with Gasteiger partial charge in [0, 0.05) is 12.8 Å². The summed E-state index contributed by atoms with van der Waals surface area (Å²) in [7, 11) is 0. The molecule has 1 aliphatic rings. The molecule has 0 aliphatic carbocycles. The van der Waals surface area contributed by atoms with E-state index in [0.717, 1.165) is 11.3 Å². The van der Waals surface area contributed by atoms with Gasteiger partial charge < -0.3 is 0 Å². The highest BCUT2D eigenvalue weighted by atomic mass is 16.2. The number of carbonyl (C=O) groups is 1. The molecule has 1 aromatic carbocycles. The fourth-order valence-electron chi connectivity index (χ4n) is 1.48. The van der Waals surface area contributed by atoms with Crippen molar-refractivity contribution < 1.29 is 4.79 Å². The molecule has 3 heteroatoms. The Morgan fingerprint density at radius 1 is 1.19 bits per heavy atom. The normalized spacial score (nSPS) is 16.1. The predicted molar refractivity (Wildman–Crippen MR) is 65.0 cm³/mol. The van der Waals surface area contributed by atoms with Crippen LogP contribution in [0.4, 0.5) is 0 Å². The monoisotopic (exact) mass is 214 g/mol. The van der Waals surface area contributed by atoms with Crippen LogP contribution in [0, 0.1) is 6.92 Å². The lowest BCUT2D eigenvalue weighted by atomic mass is 10.1. The first kappa shape index (κ1) is 10.6. The van der Waals surface area contributed by atoms with E-state index in [4.69, 9.17) is 0 Å². The fourth-order valence-corrected chi connectivity index (χ4v) is 1.48. The zero-order chi connectivity index (χ0) is 11.4. The molecule has 0 spiro atoms. The lowest BCUT2D eigenvalue weighted by molar-refractivity contribution is -0.121. The molecule has 1 amide bonds. The van der Waals surface area contributed by atoms with Crippen LogP contribution in [-0.4, -0.2) is 11.6 Å². The van der Waals surface area contributed by atoms with E-state index in [9.17, 15) is 4.79 Å². The highest BCUT2D eigenvalue weighted by Gasteiger charge is 2.08. The number of carbonyl (C=O) groups excluding carboxylic acids is 1. The number of nitrogens with one attached hydrogen (secondary N) is 1. The summed E-state index contributed by atoms with van der Waals surface area (Å²) in [5.41, 5.74) is 5.79. The van der Waals surface area contributed by atoms with Crippen molar-refractivity contribution in [2.24, 2.45) is 5.10 Å². The van der Waals surface area contributed by atoms with E-state index >= 15 is 0 Å². The molecule has 0 bridgehead atoms. The van der Waals surface area contributed by atoms with Gasteiger partial charge in [0.1, 0.15) is 0 Å². The molecule has 3 nitrogen and oxygen atoms in total. The van der Waals surface area contributed by atoms with E-state index < -0.39 is 0 Å². The van der Waals surface area contributed by atoms with Crippen LogP contribution in [0.5, 0.6) is 0 Å². The van der Waals surface area contributed by atoms with Gasteiger partial charge in [-0.3, -0.25) is 4.79 Å². The molecular weight excluding hydrogens is 200 g/mol. The average Bonchev–Trinajstić information content (AvgIpc) is 2.30. The minimum absolute atomic E-state index is 0.00696. The number of rotatable bonds is 2. The summed E-state index contributed by atoms with van der Waals surface area (Å²) in [6.45, 7) is 2.06. The smallest absolute Gasteiger partial charge is 0.240 e. The lowest BCUT2D eigenvalue weighted by Gasteiger charge is -2.07. The van der Waals surface area contributed by atoms with Crippen molar-refractivity contribution in [2.75, 3.05) is 0 Å². The number of benzene rings is 1. The van der Waals surface area contributed by atoms with Crippen LogP contribution in [0.2, 0.25) is 0 Å². The summed E-state index contributed by atoms with van der Waals surface area (Å²) in [5.74, 6) is -0.00696. The van der Waals surface area contributed by atoms with Crippen LogP contribution in [0.15, 0.2) is 35.4 Å². The summed E-state index contributed by atoms with van der Waals surface area (Å²) in [4.78, 5) is 10.9. The van der Waals surface area contributed by atoms with E-state index in [1.165, 1.54) is 5.56 Å². The van der Waals surface area contributed by atoms with Crippen molar-refractivity contribution in [3.63, 3.8) is 0 Å². The molecule has 0 unspecified atom stereocenters. The van der Waals surface area contributed by atoms with Crippen molar-refractivity contribution in [1.29, 1.82) is 0 Å². The highest BCUT2D eigenvalue weighted by molar-refractivity contribution is 6.02. The first-order valence-corrected chi connectivity index (χ1v) is 5.34. The van der Waals surface area contributed by atoms with Gasteiger partial charge in [0.25, 0.3) is 0 Å². The Morgan fingerprint density at radius 3 is 2.56 bits per heavy atom. The molecule has 1 aliphatic heterocycles. The Bertz CT molecular complexity index is 444. The Labute approximate surface area is 94.9 Å². The molecule has 0 aromatic heterocycles. The number of hydrogen-bond donors (Lipinski definition) is 1. The first-order chi connectivity index (χ1) is 7.74. The second kappa shape index (κ2) is 4.75. The van der Waals surface area contributed by atoms with E-state index in [-0.39, 0.29) is 5.91 Å². The van der Waals surface area contributed by atoms with Crippen LogP contribution >= 0.6 is 0 Å². The summed E-state index contributed by atoms with van der Waals surface area (Å²) < 4.78 is 0. The maximum absolute atomic E-state index is 10.9. The minimum Gasteiger partial charge on any atom is -0.273 e. The molecule has 2 rings (SSSR count). The third-order valence-electron chi connectivity index (χ3n) is 2.48. The van der Waals surface area contributed by atoms with Crippen LogP contribution in [0.3, 0.4) is 0 Å². The quantitative estimate of drug-likeness (QED) is 0.806. The van der Waals surface area contributed by atoms with Crippen molar-refractivity contribution in [2.45, 2.75) is 19.8 Å². The SMILES string of the molecule is Cc1ccc(C=CC2=NNC(=O)CC2)cc1. The molecule has 0 radical (unpaired) electrons. The van der Waals surface area contributed by atoms with Crippen LogP contribution in [0.25, 0.3) is 6.08 Å². The number of nitrogens with zero attached hydrogens (tertiary/aromatic N) is 1. The Balaban J connectivity index is 2.04. The molecule has 1 aromatic rings. The summed E-state index contributed by atoms with van der Waals surface area (Å²) in [6.07, 6.45) is 5.20. The zero-order valence-electron chi connectivity index (χ0n) is 9.23. The van der Waals surface area contributed by atoms with Gasteiger partial charge >= 0.3 is 0 Å². The number of hydrazone groups is 1. The van der Waals surface area contributed by atoms with Gasteiger partial charge in [-0.25, -0.2) is 5.43 Å². The van der Waals surface area contributed by atoms with Gasteiger partial charge in [0.2, 0.25) is 5.91 Å². The summed E-state index contributed by atoms with van der Waals surface area (Å²) in [5, 5.41) is 3.97. The Hall–Kier alpha value is -1.90. The zero-order valence-corrected chi connectivity index (χ0v) is 9.23. The van der Waals surface area contributed by atoms with Crippen LogP contribution in [-0.2, 0) is 4.79 Å². The number of allylic oxidation sites excluding steroid dienone is 1. The second-order valence-electron chi connectivity index (χ2n) is 3.88. The summed E-state index contributed by atoms with van der Waals surface area (Å²) >= 11 is 0. The van der Waals surface area contributed by atoms with Crippen molar-refractivity contribution in [3.05, 3.63) is 41.5 Å². The number of aryl methyl sites for hydroxylation is 1. The average molecular weight is 214 g/mol. The largest absolute Gasteiger partial charge is 0.273 e. The van der Waals surface area contributed by atoms with E-state index in [0.29, 0.717) is 12.8 Å². The standard InChI is InChI=1S/C13H14N2O/c1-10-2-4-11(5-3-10)6-7-12-8-9-13(16)15-14-12/h2-7H,8-9H2,1H3,(H,15,16).